The third kappa shape index (κ3) is 3.00. The SMILES string of the molecule is CC1(C)O[C@H]2O[C@H]([C@H](O)CO)[C@@H](NC(=O)C3CCCC3)[C@H]2O1. The van der Waals surface area contributed by atoms with Crippen LogP contribution in [-0.4, -0.2) is 59.2 Å². The van der Waals surface area contributed by atoms with Gasteiger partial charge in [-0.3, -0.25) is 4.79 Å². The van der Waals surface area contributed by atoms with Gasteiger partial charge in [-0.1, -0.05) is 12.8 Å². The van der Waals surface area contributed by atoms with Crippen LogP contribution in [0.4, 0.5) is 0 Å². The van der Waals surface area contributed by atoms with Crippen LogP contribution in [0.3, 0.4) is 0 Å². The van der Waals surface area contributed by atoms with Crippen LogP contribution in [0.25, 0.3) is 0 Å². The van der Waals surface area contributed by atoms with Crippen molar-refractivity contribution in [3.8, 4) is 0 Å². The molecule has 0 bridgehead atoms. The zero-order valence-corrected chi connectivity index (χ0v) is 13.0. The van der Waals surface area contributed by atoms with Gasteiger partial charge in [-0.15, -0.1) is 0 Å². The molecular formula is C15H25NO6. The summed E-state index contributed by atoms with van der Waals surface area (Å²) in [5, 5.41) is 22.1. The largest absolute Gasteiger partial charge is 0.394 e. The van der Waals surface area contributed by atoms with Crippen molar-refractivity contribution in [1.29, 1.82) is 0 Å². The van der Waals surface area contributed by atoms with Gasteiger partial charge in [0.2, 0.25) is 5.91 Å². The van der Waals surface area contributed by atoms with Crippen molar-refractivity contribution < 1.29 is 29.2 Å². The lowest BCUT2D eigenvalue weighted by molar-refractivity contribution is -0.218. The van der Waals surface area contributed by atoms with E-state index in [2.05, 4.69) is 5.32 Å². The first-order valence-electron chi connectivity index (χ1n) is 8.02. The summed E-state index contributed by atoms with van der Waals surface area (Å²) >= 11 is 0. The lowest BCUT2D eigenvalue weighted by atomic mass is 10.0. The normalized spacial score (nSPS) is 38.9. The highest BCUT2D eigenvalue weighted by molar-refractivity contribution is 5.79. The lowest BCUT2D eigenvalue weighted by Crippen LogP contribution is -2.53. The van der Waals surface area contributed by atoms with Crippen LogP contribution in [0, 0.1) is 5.92 Å². The van der Waals surface area contributed by atoms with Crippen molar-refractivity contribution in [3.63, 3.8) is 0 Å². The molecule has 126 valence electrons. The van der Waals surface area contributed by atoms with Gasteiger partial charge in [-0.25, -0.2) is 0 Å². The average molecular weight is 315 g/mol. The van der Waals surface area contributed by atoms with E-state index in [1.807, 2.05) is 0 Å². The molecule has 2 heterocycles. The molecule has 1 saturated carbocycles. The minimum atomic E-state index is -1.09. The van der Waals surface area contributed by atoms with Gasteiger partial charge in [-0.05, 0) is 26.7 Å². The molecule has 5 atom stereocenters. The van der Waals surface area contributed by atoms with Gasteiger partial charge in [0.25, 0.3) is 0 Å². The smallest absolute Gasteiger partial charge is 0.223 e. The van der Waals surface area contributed by atoms with Crippen LogP contribution < -0.4 is 5.32 Å². The molecule has 7 nitrogen and oxygen atoms in total. The molecule has 3 aliphatic rings. The second kappa shape index (κ2) is 6.05. The number of rotatable bonds is 4. The van der Waals surface area contributed by atoms with Crippen molar-refractivity contribution in [1.82, 2.24) is 5.32 Å². The van der Waals surface area contributed by atoms with Crippen molar-refractivity contribution in [2.45, 2.75) is 76.0 Å². The molecule has 2 aliphatic heterocycles. The minimum Gasteiger partial charge on any atom is -0.394 e. The van der Waals surface area contributed by atoms with Crippen molar-refractivity contribution in [2.75, 3.05) is 6.61 Å². The standard InChI is InChI=1S/C15H25NO6/c1-15(2)21-12-10(16-13(19)8-5-3-4-6-8)11(9(18)7-17)20-14(12)22-15/h8-12,14,17-18H,3-7H2,1-2H3,(H,16,19)/t9-,10-,11-,12-,14-/m1/s1. The topological polar surface area (TPSA) is 97.3 Å². The molecule has 0 aromatic heterocycles. The summed E-state index contributed by atoms with van der Waals surface area (Å²) in [6, 6.07) is -0.526. The van der Waals surface area contributed by atoms with Gasteiger partial charge in [0.1, 0.15) is 18.3 Å². The zero-order valence-electron chi connectivity index (χ0n) is 13.0. The van der Waals surface area contributed by atoms with E-state index >= 15 is 0 Å². The number of aliphatic hydroxyl groups excluding tert-OH is 2. The number of hydrogen-bond donors (Lipinski definition) is 3. The predicted octanol–water partition coefficient (Wildman–Crippen LogP) is -0.109. The van der Waals surface area contributed by atoms with Crippen molar-refractivity contribution >= 4 is 5.91 Å². The van der Waals surface area contributed by atoms with Gasteiger partial charge in [-0.2, -0.15) is 0 Å². The molecule has 1 aliphatic carbocycles. The molecule has 1 amide bonds. The molecule has 7 heteroatoms. The molecule has 0 spiro atoms. The Labute approximate surface area is 129 Å². The first-order valence-corrected chi connectivity index (χ1v) is 8.02. The Morgan fingerprint density at radius 1 is 1.32 bits per heavy atom. The van der Waals surface area contributed by atoms with E-state index in [4.69, 9.17) is 14.2 Å². The maximum absolute atomic E-state index is 12.4. The van der Waals surface area contributed by atoms with Crippen LogP contribution in [-0.2, 0) is 19.0 Å². The summed E-state index contributed by atoms with van der Waals surface area (Å²) in [6.45, 7) is 3.12. The van der Waals surface area contributed by atoms with E-state index in [0.29, 0.717) is 0 Å². The van der Waals surface area contributed by atoms with Crippen molar-refractivity contribution in [3.05, 3.63) is 0 Å². The minimum absolute atomic E-state index is 0.0151. The number of carbonyl (C=O) groups is 1. The maximum Gasteiger partial charge on any atom is 0.223 e. The van der Waals surface area contributed by atoms with Crippen LogP contribution in [0.1, 0.15) is 39.5 Å². The fourth-order valence-electron chi connectivity index (χ4n) is 3.60. The van der Waals surface area contributed by atoms with E-state index in [9.17, 15) is 15.0 Å². The Morgan fingerprint density at radius 2 is 2.00 bits per heavy atom. The monoisotopic (exact) mass is 315 g/mol. The number of fused-ring (bicyclic) bond motifs is 1. The highest BCUT2D eigenvalue weighted by atomic mass is 16.8. The van der Waals surface area contributed by atoms with Gasteiger partial charge < -0.3 is 29.7 Å². The Kier molecular flexibility index (Phi) is 4.44. The Bertz CT molecular complexity index is 422. The third-order valence-electron chi connectivity index (χ3n) is 4.69. The molecule has 3 fully saturated rings. The highest BCUT2D eigenvalue weighted by Crippen LogP contribution is 2.38. The summed E-state index contributed by atoms with van der Waals surface area (Å²) in [5.74, 6) is -0.808. The summed E-state index contributed by atoms with van der Waals surface area (Å²) in [6.07, 6.45) is 0.979. The van der Waals surface area contributed by atoms with E-state index in [0.717, 1.165) is 25.7 Å². The molecule has 0 radical (unpaired) electrons. The second-order valence-electron chi connectivity index (χ2n) is 6.83. The molecule has 3 N–H and O–H groups in total. The van der Waals surface area contributed by atoms with E-state index in [1.165, 1.54) is 0 Å². The zero-order chi connectivity index (χ0) is 15.9. The quantitative estimate of drug-likeness (QED) is 0.670. The molecule has 0 aromatic rings. The number of amides is 1. The Morgan fingerprint density at radius 3 is 2.64 bits per heavy atom. The van der Waals surface area contributed by atoms with E-state index in [1.54, 1.807) is 13.8 Å². The van der Waals surface area contributed by atoms with Crippen LogP contribution in [0.15, 0.2) is 0 Å². The number of aliphatic hydroxyl groups is 2. The summed E-state index contributed by atoms with van der Waals surface area (Å²) in [7, 11) is 0. The number of nitrogens with one attached hydrogen (secondary N) is 1. The van der Waals surface area contributed by atoms with E-state index < -0.39 is 43.0 Å². The predicted molar refractivity (Wildman–Crippen MR) is 75.7 cm³/mol. The Balaban J connectivity index is 1.72. The van der Waals surface area contributed by atoms with Gasteiger partial charge in [0.15, 0.2) is 12.1 Å². The number of carbonyl (C=O) groups excluding carboxylic acids is 1. The molecule has 22 heavy (non-hydrogen) atoms. The van der Waals surface area contributed by atoms with Crippen LogP contribution >= 0.6 is 0 Å². The summed E-state index contributed by atoms with van der Waals surface area (Å²) < 4.78 is 17.1. The van der Waals surface area contributed by atoms with Crippen LogP contribution in [0.2, 0.25) is 0 Å². The lowest BCUT2D eigenvalue weighted by Gasteiger charge is -2.29. The van der Waals surface area contributed by atoms with Gasteiger partial charge >= 0.3 is 0 Å². The first kappa shape index (κ1) is 16.1. The highest BCUT2D eigenvalue weighted by Gasteiger charge is 2.56. The van der Waals surface area contributed by atoms with Gasteiger partial charge in [0, 0.05) is 5.92 Å². The first-order chi connectivity index (χ1) is 10.4. The fourth-order valence-corrected chi connectivity index (χ4v) is 3.60. The molecule has 2 saturated heterocycles. The summed E-state index contributed by atoms with van der Waals surface area (Å²) in [4.78, 5) is 12.4. The van der Waals surface area contributed by atoms with Crippen LogP contribution in [0.5, 0.6) is 0 Å². The van der Waals surface area contributed by atoms with Crippen molar-refractivity contribution in [2.24, 2.45) is 5.92 Å². The second-order valence-corrected chi connectivity index (χ2v) is 6.83. The van der Waals surface area contributed by atoms with E-state index in [-0.39, 0.29) is 11.8 Å². The average Bonchev–Trinajstić information content (AvgIpc) is 3.14. The summed E-state index contributed by atoms with van der Waals surface area (Å²) in [5.41, 5.74) is 0. The fraction of sp³-hybridized carbons (Fsp3) is 0.933. The Hall–Kier alpha value is -0.730. The van der Waals surface area contributed by atoms with Gasteiger partial charge in [0.05, 0.1) is 12.6 Å². The maximum atomic E-state index is 12.4. The molecule has 3 rings (SSSR count). The molecule has 0 unspecified atom stereocenters. The number of ether oxygens (including phenoxy) is 3. The third-order valence-corrected chi connectivity index (χ3v) is 4.69. The molecular weight excluding hydrogens is 290 g/mol. The number of hydrogen-bond acceptors (Lipinski definition) is 6. The molecule has 0 aromatic carbocycles.